The van der Waals surface area contributed by atoms with Crippen LogP contribution in [-0.4, -0.2) is 5.11 Å². The van der Waals surface area contributed by atoms with Gasteiger partial charge in [-0.15, -0.1) is 0 Å². The van der Waals surface area contributed by atoms with Gasteiger partial charge in [0.05, 0.1) is 5.56 Å². The number of nitrogens with zero attached hydrogens (tertiary/aromatic N) is 1. The zero-order valence-electron chi connectivity index (χ0n) is 10.9. The maximum atomic E-state index is 10.1. The minimum atomic E-state index is 0.0394. The molecule has 3 aromatic carbocycles. The van der Waals surface area contributed by atoms with Gasteiger partial charge in [-0.05, 0) is 41.1 Å². The van der Waals surface area contributed by atoms with Crippen molar-refractivity contribution in [3.05, 3.63) is 64.6 Å². The monoisotopic (exact) mass is 339 g/mol. The van der Waals surface area contributed by atoms with Crippen LogP contribution in [0.15, 0.2) is 59.1 Å². The first-order chi connectivity index (χ1) is 10.2. The Morgan fingerprint density at radius 2 is 1.67 bits per heavy atom. The minimum absolute atomic E-state index is 0.0394. The van der Waals surface area contributed by atoms with Crippen LogP contribution in [0.2, 0.25) is 0 Å². The molecule has 3 nitrogen and oxygen atoms in total. The summed E-state index contributed by atoms with van der Waals surface area (Å²) in [7, 11) is 0. The molecule has 0 aliphatic rings. The van der Waals surface area contributed by atoms with Crippen molar-refractivity contribution in [3.63, 3.8) is 0 Å². The number of hydrogen-bond acceptors (Lipinski definition) is 3. The van der Waals surface area contributed by atoms with Crippen LogP contribution < -0.4 is 4.74 Å². The van der Waals surface area contributed by atoms with E-state index in [-0.39, 0.29) is 5.75 Å². The normalized spacial score (nSPS) is 10.3. The third kappa shape index (κ3) is 2.69. The van der Waals surface area contributed by atoms with Gasteiger partial charge >= 0.3 is 0 Å². The van der Waals surface area contributed by atoms with Crippen LogP contribution in [0.4, 0.5) is 0 Å². The first-order valence-corrected chi connectivity index (χ1v) is 7.06. The van der Waals surface area contributed by atoms with Gasteiger partial charge in [-0.25, -0.2) is 0 Å². The topological polar surface area (TPSA) is 53.2 Å². The van der Waals surface area contributed by atoms with Crippen molar-refractivity contribution < 1.29 is 9.84 Å². The molecular formula is C17H10BrNO2. The summed E-state index contributed by atoms with van der Waals surface area (Å²) in [5.41, 5.74) is 0.408. The van der Waals surface area contributed by atoms with Crippen molar-refractivity contribution in [1.82, 2.24) is 0 Å². The predicted molar refractivity (Wildman–Crippen MR) is 84.5 cm³/mol. The fraction of sp³-hybridized carbons (Fsp3) is 0. The van der Waals surface area contributed by atoms with Crippen molar-refractivity contribution >= 4 is 26.7 Å². The molecule has 0 saturated carbocycles. The van der Waals surface area contributed by atoms with E-state index in [0.717, 1.165) is 15.2 Å². The van der Waals surface area contributed by atoms with E-state index in [1.165, 1.54) is 0 Å². The summed E-state index contributed by atoms with van der Waals surface area (Å²) in [6.07, 6.45) is 0. The molecule has 0 fully saturated rings. The minimum Gasteiger partial charge on any atom is -0.504 e. The summed E-state index contributed by atoms with van der Waals surface area (Å²) >= 11 is 3.35. The molecule has 21 heavy (non-hydrogen) atoms. The molecule has 1 N–H and O–H groups in total. The van der Waals surface area contributed by atoms with Gasteiger partial charge < -0.3 is 9.84 Å². The molecule has 0 aliphatic carbocycles. The van der Waals surface area contributed by atoms with E-state index in [1.807, 2.05) is 24.3 Å². The van der Waals surface area contributed by atoms with Crippen LogP contribution in [0.25, 0.3) is 10.8 Å². The smallest absolute Gasteiger partial charge is 0.169 e. The Hall–Kier alpha value is -2.51. The number of rotatable bonds is 2. The Bertz CT molecular complexity index is 868. The van der Waals surface area contributed by atoms with E-state index in [9.17, 15) is 5.11 Å². The van der Waals surface area contributed by atoms with Crippen LogP contribution in [0.1, 0.15) is 5.56 Å². The SMILES string of the molecule is N#Cc1ccc(Br)cc1Oc1cc2ccccc2cc1O. The van der Waals surface area contributed by atoms with Gasteiger partial charge in [-0.1, -0.05) is 40.2 Å². The molecule has 3 aromatic rings. The van der Waals surface area contributed by atoms with E-state index in [0.29, 0.717) is 17.1 Å². The zero-order valence-corrected chi connectivity index (χ0v) is 12.5. The number of phenolic OH excluding ortho intramolecular Hbond substituents is 1. The maximum absolute atomic E-state index is 10.1. The first kappa shape index (κ1) is 13.5. The molecule has 0 bridgehead atoms. The second-order valence-corrected chi connectivity index (χ2v) is 5.44. The first-order valence-electron chi connectivity index (χ1n) is 6.26. The fourth-order valence-electron chi connectivity index (χ4n) is 2.08. The summed E-state index contributed by atoms with van der Waals surface area (Å²) in [4.78, 5) is 0. The number of halogens is 1. The lowest BCUT2D eigenvalue weighted by molar-refractivity contribution is 0.411. The Morgan fingerprint density at radius 3 is 2.38 bits per heavy atom. The number of nitriles is 1. The van der Waals surface area contributed by atoms with Gasteiger partial charge in [0.2, 0.25) is 0 Å². The van der Waals surface area contributed by atoms with Gasteiger partial charge in [0, 0.05) is 4.47 Å². The molecule has 3 rings (SSSR count). The molecule has 0 unspecified atom stereocenters. The lowest BCUT2D eigenvalue weighted by Gasteiger charge is -2.10. The third-order valence-electron chi connectivity index (χ3n) is 3.11. The maximum Gasteiger partial charge on any atom is 0.169 e. The molecule has 102 valence electrons. The van der Waals surface area contributed by atoms with Crippen LogP contribution in [0.3, 0.4) is 0 Å². The van der Waals surface area contributed by atoms with Crippen molar-refractivity contribution in [1.29, 1.82) is 5.26 Å². The lowest BCUT2D eigenvalue weighted by Crippen LogP contribution is -1.89. The largest absolute Gasteiger partial charge is 0.504 e. The predicted octanol–water partition coefficient (Wildman–Crippen LogP) is 4.97. The second-order valence-electron chi connectivity index (χ2n) is 4.52. The van der Waals surface area contributed by atoms with E-state index in [2.05, 4.69) is 22.0 Å². The van der Waals surface area contributed by atoms with Gasteiger partial charge in [-0.2, -0.15) is 5.26 Å². The van der Waals surface area contributed by atoms with E-state index in [4.69, 9.17) is 10.00 Å². The molecule has 0 amide bonds. The summed E-state index contributed by atoms with van der Waals surface area (Å²) < 4.78 is 6.52. The number of aromatic hydroxyl groups is 1. The van der Waals surface area contributed by atoms with E-state index < -0.39 is 0 Å². The van der Waals surface area contributed by atoms with Crippen molar-refractivity contribution in [3.8, 4) is 23.3 Å². The van der Waals surface area contributed by atoms with Gasteiger partial charge in [-0.3, -0.25) is 0 Å². The van der Waals surface area contributed by atoms with E-state index >= 15 is 0 Å². The Balaban J connectivity index is 2.08. The molecule has 0 atom stereocenters. The second kappa shape index (κ2) is 5.47. The number of fused-ring (bicyclic) bond motifs is 1. The summed E-state index contributed by atoms with van der Waals surface area (Å²) in [6, 6.07) is 18.3. The zero-order chi connectivity index (χ0) is 14.8. The Morgan fingerprint density at radius 1 is 0.952 bits per heavy atom. The number of hydrogen-bond donors (Lipinski definition) is 1. The molecule has 0 spiro atoms. The summed E-state index contributed by atoms with van der Waals surface area (Å²) in [5.74, 6) is 0.762. The Labute approximate surface area is 130 Å². The molecular weight excluding hydrogens is 330 g/mol. The Kier molecular flexibility index (Phi) is 3.51. The highest BCUT2D eigenvalue weighted by Crippen LogP contribution is 2.36. The number of benzene rings is 3. The van der Waals surface area contributed by atoms with Gasteiger partial charge in [0.1, 0.15) is 11.8 Å². The average molecular weight is 340 g/mol. The quantitative estimate of drug-likeness (QED) is 0.716. The van der Waals surface area contributed by atoms with Crippen LogP contribution in [0.5, 0.6) is 17.2 Å². The molecule has 4 heteroatoms. The average Bonchev–Trinajstić information content (AvgIpc) is 2.48. The highest BCUT2D eigenvalue weighted by atomic mass is 79.9. The fourth-order valence-corrected chi connectivity index (χ4v) is 2.42. The van der Waals surface area contributed by atoms with Crippen LogP contribution in [0, 0.1) is 11.3 Å². The summed E-state index contributed by atoms with van der Waals surface area (Å²) in [6.45, 7) is 0. The van der Waals surface area contributed by atoms with E-state index in [1.54, 1.807) is 30.3 Å². The van der Waals surface area contributed by atoms with Crippen molar-refractivity contribution in [2.45, 2.75) is 0 Å². The number of phenols is 1. The molecule has 0 aliphatic heterocycles. The van der Waals surface area contributed by atoms with Crippen molar-refractivity contribution in [2.75, 3.05) is 0 Å². The third-order valence-corrected chi connectivity index (χ3v) is 3.60. The highest BCUT2D eigenvalue weighted by Gasteiger charge is 2.10. The van der Waals surface area contributed by atoms with Crippen LogP contribution >= 0.6 is 15.9 Å². The number of ether oxygens (including phenoxy) is 1. The molecule has 0 heterocycles. The molecule has 0 radical (unpaired) electrons. The standard InChI is InChI=1S/C17H10BrNO2/c18-14-6-5-13(10-19)16(9-14)21-17-8-12-4-2-1-3-11(12)7-15(17)20/h1-9,20H. The van der Waals surface area contributed by atoms with Gasteiger partial charge in [0.25, 0.3) is 0 Å². The van der Waals surface area contributed by atoms with Crippen LogP contribution in [-0.2, 0) is 0 Å². The molecule has 0 aromatic heterocycles. The molecule has 0 saturated heterocycles. The van der Waals surface area contributed by atoms with Gasteiger partial charge in [0.15, 0.2) is 11.5 Å². The summed E-state index contributed by atoms with van der Waals surface area (Å²) in [5, 5.41) is 21.1. The highest BCUT2D eigenvalue weighted by molar-refractivity contribution is 9.10. The lowest BCUT2D eigenvalue weighted by atomic mass is 10.1. The van der Waals surface area contributed by atoms with Crippen molar-refractivity contribution in [2.24, 2.45) is 0 Å².